The van der Waals surface area contributed by atoms with Gasteiger partial charge in [0.15, 0.2) is 0 Å². The van der Waals surface area contributed by atoms with Crippen LogP contribution in [0.25, 0.3) is 0 Å². The van der Waals surface area contributed by atoms with Gasteiger partial charge in [-0.1, -0.05) is 46.3 Å². The fourth-order valence-corrected chi connectivity index (χ4v) is 2.46. The van der Waals surface area contributed by atoms with Gasteiger partial charge < -0.3 is 10.6 Å². The molecule has 0 aliphatic rings. The number of benzene rings is 2. The number of anilines is 1. The lowest BCUT2D eigenvalue weighted by Crippen LogP contribution is -2.24. The van der Waals surface area contributed by atoms with E-state index in [1.165, 1.54) is 5.56 Å². The fraction of sp³-hybridized carbons (Fsp3) is 0.188. The normalized spacial score (nSPS) is 10.3. The van der Waals surface area contributed by atoms with Crippen LogP contribution in [0.4, 0.5) is 5.69 Å². The van der Waals surface area contributed by atoms with Crippen molar-refractivity contribution in [3.63, 3.8) is 0 Å². The Hall–Kier alpha value is -1.81. The number of likely N-dealkylation sites (N-methyl/N-ethyl adjacent to an activating group) is 1. The zero-order chi connectivity index (χ0) is 14.5. The van der Waals surface area contributed by atoms with Gasteiger partial charge in [-0.15, -0.1) is 0 Å². The van der Waals surface area contributed by atoms with Gasteiger partial charge in [-0.05, 0) is 30.2 Å². The van der Waals surface area contributed by atoms with Gasteiger partial charge in [0.2, 0.25) is 0 Å². The summed E-state index contributed by atoms with van der Waals surface area (Å²) in [7, 11) is 2.02. The van der Waals surface area contributed by atoms with E-state index in [0.29, 0.717) is 0 Å². The molecule has 0 spiro atoms. The Kier molecular flexibility index (Phi) is 4.79. The molecular formula is C16H18BrN3. The SMILES string of the molecule is CN(CCc1ccccc1)c1cc(Br)ccc1C(=N)N. The fourth-order valence-electron chi connectivity index (χ4n) is 2.11. The van der Waals surface area contributed by atoms with Crippen LogP contribution in [0.5, 0.6) is 0 Å². The lowest BCUT2D eigenvalue weighted by molar-refractivity contribution is 0.875. The second-order valence-electron chi connectivity index (χ2n) is 4.73. The smallest absolute Gasteiger partial charge is 0.124 e. The van der Waals surface area contributed by atoms with Gasteiger partial charge >= 0.3 is 0 Å². The molecule has 4 heteroatoms. The molecule has 0 aliphatic heterocycles. The Morgan fingerprint density at radius 1 is 1.20 bits per heavy atom. The number of hydrogen-bond acceptors (Lipinski definition) is 2. The molecule has 0 unspecified atom stereocenters. The van der Waals surface area contributed by atoms with E-state index in [1.807, 2.05) is 31.3 Å². The summed E-state index contributed by atoms with van der Waals surface area (Å²) in [5, 5.41) is 7.67. The largest absolute Gasteiger partial charge is 0.384 e. The van der Waals surface area contributed by atoms with Crippen LogP contribution >= 0.6 is 15.9 Å². The summed E-state index contributed by atoms with van der Waals surface area (Å²) in [6.07, 6.45) is 0.960. The van der Waals surface area contributed by atoms with E-state index in [0.717, 1.165) is 28.7 Å². The molecule has 3 N–H and O–H groups in total. The highest BCUT2D eigenvalue weighted by molar-refractivity contribution is 9.10. The van der Waals surface area contributed by atoms with Gasteiger partial charge in [-0.3, -0.25) is 5.41 Å². The van der Waals surface area contributed by atoms with Crippen LogP contribution in [-0.4, -0.2) is 19.4 Å². The zero-order valence-corrected chi connectivity index (χ0v) is 13.0. The molecule has 0 heterocycles. The minimum atomic E-state index is 0.0964. The molecule has 0 saturated carbocycles. The number of amidine groups is 1. The van der Waals surface area contributed by atoms with Gasteiger partial charge in [0.1, 0.15) is 5.84 Å². The summed E-state index contributed by atoms with van der Waals surface area (Å²) in [5.41, 5.74) is 8.70. The average molecular weight is 332 g/mol. The minimum Gasteiger partial charge on any atom is -0.384 e. The summed E-state index contributed by atoms with van der Waals surface area (Å²) in [5.74, 6) is 0.0964. The molecule has 0 aromatic heterocycles. The highest BCUT2D eigenvalue weighted by Gasteiger charge is 2.10. The molecule has 20 heavy (non-hydrogen) atoms. The predicted molar refractivity (Wildman–Crippen MR) is 88.6 cm³/mol. The van der Waals surface area contributed by atoms with Crippen LogP contribution < -0.4 is 10.6 Å². The van der Waals surface area contributed by atoms with Crippen molar-refractivity contribution in [2.24, 2.45) is 5.73 Å². The molecule has 2 rings (SSSR count). The Bertz CT molecular complexity index is 596. The van der Waals surface area contributed by atoms with Crippen molar-refractivity contribution in [3.8, 4) is 0 Å². The lowest BCUT2D eigenvalue weighted by Gasteiger charge is -2.22. The molecule has 0 amide bonds. The first-order valence-electron chi connectivity index (χ1n) is 6.47. The summed E-state index contributed by atoms with van der Waals surface area (Å²) in [6, 6.07) is 16.2. The van der Waals surface area contributed by atoms with Gasteiger partial charge in [0, 0.05) is 29.3 Å². The van der Waals surface area contributed by atoms with Crippen molar-refractivity contribution >= 4 is 27.5 Å². The molecule has 0 radical (unpaired) electrons. The third-order valence-electron chi connectivity index (χ3n) is 3.24. The van der Waals surface area contributed by atoms with Crippen molar-refractivity contribution < 1.29 is 0 Å². The van der Waals surface area contributed by atoms with Crippen molar-refractivity contribution in [2.45, 2.75) is 6.42 Å². The topological polar surface area (TPSA) is 53.1 Å². The zero-order valence-electron chi connectivity index (χ0n) is 11.4. The monoisotopic (exact) mass is 331 g/mol. The van der Waals surface area contributed by atoms with E-state index in [9.17, 15) is 0 Å². The van der Waals surface area contributed by atoms with E-state index in [-0.39, 0.29) is 5.84 Å². The summed E-state index contributed by atoms with van der Waals surface area (Å²) >= 11 is 3.47. The standard InChI is InChI=1S/C16H18BrN3/c1-20(10-9-12-5-3-2-4-6-12)15-11-13(17)7-8-14(15)16(18)19/h2-8,11H,9-10H2,1H3,(H3,18,19). The Morgan fingerprint density at radius 2 is 1.90 bits per heavy atom. The first-order valence-corrected chi connectivity index (χ1v) is 7.26. The maximum Gasteiger partial charge on any atom is 0.124 e. The average Bonchev–Trinajstić information content (AvgIpc) is 2.45. The van der Waals surface area contributed by atoms with Crippen molar-refractivity contribution in [2.75, 3.05) is 18.5 Å². The first-order chi connectivity index (χ1) is 9.58. The second kappa shape index (κ2) is 6.57. The predicted octanol–water partition coefficient (Wildman–Crippen LogP) is 3.41. The second-order valence-corrected chi connectivity index (χ2v) is 5.65. The van der Waals surface area contributed by atoms with E-state index < -0.39 is 0 Å². The van der Waals surface area contributed by atoms with Gasteiger partial charge in [0.05, 0.1) is 0 Å². The number of nitrogen functional groups attached to an aromatic ring is 1. The number of hydrogen-bond donors (Lipinski definition) is 2. The molecule has 104 valence electrons. The lowest BCUT2D eigenvalue weighted by atomic mass is 10.1. The molecule has 0 aliphatic carbocycles. The van der Waals surface area contributed by atoms with Crippen LogP contribution in [0, 0.1) is 5.41 Å². The molecular weight excluding hydrogens is 314 g/mol. The van der Waals surface area contributed by atoms with E-state index >= 15 is 0 Å². The van der Waals surface area contributed by atoms with E-state index in [2.05, 4.69) is 45.1 Å². The van der Waals surface area contributed by atoms with Crippen LogP contribution in [0.1, 0.15) is 11.1 Å². The molecule has 3 nitrogen and oxygen atoms in total. The molecule has 0 fully saturated rings. The van der Waals surface area contributed by atoms with E-state index in [1.54, 1.807) is 0 Å². The number of nitrogens with two attached hydrogens (primary N) is 1. The highest BCUT2D eigenvalue weighted by atomic mass is 79.9. The molecule has 0 atom stereocenters. The van der Waals surface area contributed by atoms with Gasteiger partial charge in [-0.2, -0.15) is 0 Å². The molecule has 2 aromatic rings. The van der Waals surface area contributed by atoms with Crippen molar-refractivity contribution in [1.29, 1.82) is 5.41 Å². The van der Waals surface area contributed by atoms with Crippen LogP contribution in [-0.2, 0) is 6.42 Å². The quantitative estimate of drug-likeness (QED) is 0.651. The Balaban J connectivity index is 2.14. The first kappa shape index (κ1) is 14.6. The molecule has 0 saturated heterocycles. The molecule has 2 aromatic carbocycles. The Morgan fingerprint density at radius 3 is 2.55 bits per heavy atom. The number of rotatable bonds is 5. The number of halogens is 1. The molecule has 0 bridgehead atoms. The van der Waals surface area contributed by atoms with Crippen LogP contribution in [0.3, 0.4) is 0 Å². The third kappa shape index (κ3) is 3.61. The van der Waals surface area contributed by atoms with Gasteiger partial charge in [0.25, 0.3) is 0 Å². The Labute approximate surface area is 128 Å². The van der Waals surface area contributed by atoms with Crippen LogP contribution in [0.15, 0.2) is 53.0 Å². The third-order valence-corrected chi connectivity index (χ3v) is 3.73. The maximum atomic E-state index is 7.67. The van der Waals surface area contributed by atoms with Crippen LogP contribution in [0.2, 0.25) is 0 Å². The number of nitrogens with one attached hydrogen (secondary N) is 1. The summed E-state index contributed by atoms with van der Waals surface area (Å²) in [4.78, 5) is 2.13. The van der Waals surface area contributed by atoms with Gasteiger partial charge in [-0.25, -0.2) is 0 Å². The van der Waals surface area contributed by atoms with E-state index in [4.69, 9.17) is 11.1 Å². The minimum absolute atomic E-state index is 0.0964. The highest BCUT2D eigenvalue weighted by Crippen LogP contribution is 2.24. The maximum absolute atomic E-state index is 7.67. The van der Waals surface area contributed by atoms with Crippen molar-refractivity contribution in [3.05, 3.63) is 64.1 Å². The summed E-state index contributed by atoms with van der Waals surface area (Å²) < 4.78 is 0.990. The number of nitrogens with zero attached hydrogens (tertiary/aromatic N) is 1. The summed E-state index contributed by atoms with van der Waals surface area (Å²) in [6.45, 7) is 0.876. The van der Waals surface area contributed by atoms with Crippen molar-refractivity contribution in [1.82, 2.24) is 0 Å².